The van der Waals surface area contributed by atoms with Crippen LogP contribution in [0.2, 0.25) is 0 Å². The first-order valence-corrected chi connectivity index (χ1v) is 10.4. The molecule has 0 saturated heterocycles. The van der Waals surface area contributed by atoms with Crippen molar-refractivity contribution in [3.63, 3.8) is 0 Å². The Labute approximate surface area is 164 Å². The Kier molecular flexibility index (Phi) is 6.32. The van der Waals surface area contributed by atoms with Crippen LogP contribution in [0.3, 0.4) is 0 Å². The van der Waals surface area contributed by atoms with Gasteiger partial charge in [-0.2, -0.15) is 0 Å². The SMILES string of the molecule is CC[C@@H](NC(=O)COC(=O)c1cc2c(s1)CC[C@@H](C)C2)c1ccc(C)cc1. The maximum atomic E-state index is 12.3. The molecule has 2 aromatic rings. The number of benzene rings is 1. The van der Waals surface area contributed by atoms with E-state index in [4.69, 9.17) is 4.74 Å². The van der Waals surface area contributed by atoms with Crippen LogP contribution in [0.15, 0.2) is 30.3 Å². The fraction of sp³-hybridized carbons (Fsp3) is 0.455. The molecule has 1 aliphatic carbocycles. The lowest BCUT2D eigenvalue weighted by atomic mass is 9.90. The van der Waals surface area contributed by atoms with E-state index >= 15 is 0 Å². The molecule has 3 rings (SSSR count). The fourth-order valence-corrected chi connectivity index (χ4v) is 4.57. The maximum Gasteiger partial charge on any atom is 0.348 e. The maximum absolute atomic E-state index is 12.3. The van der Waals surface area contributed by atoms with Crippen molar-refractivity contribution < 1.29 is 14.3 Å². The minimum atomic E-state index is -0.402. The standard InChI is InChI=1S/C22H27NO3S/c1-4-18(16-8-5-14(2)6-9-16)23-21(24)13-26-22(25)20-12-17-11-15(3)7-10-19(17)27-20/h5-6,8-9,12,15,18H,4,7,10-11,13H2,1-3H3,(H,23,24)/t15-,18-/m1/s1. The monoisotopic (exact) mass is 385 g/mol. The normalized spacial score (nSPS) is 17.1. The van der Waals surface area contributed by atoms with Crippen LogP contribution >= 0.6 is 11.3 Å². The molecule has 144 valence electrons. The van der Waals surface area contributed by atoms with Crippen LogP contribution in [-0.4, -0.2) is 18.5 Å². The van der Waals surface area contributed by atoms with Crippen molar-refractivity contribution in [2.24, 2.45) is 5.92 Å². The molecule has 1 aliphatic rings. The number of amides is 1. The summed E-state index contributed by atoms with van der Waals surface area (Å²) in [6.45, 7) is 6.04. The third-order valence-electron chi connectivity index (χ3n) is 5.09. The summed E-state index contributed by atoms with van der Waals surface area (Å²) < 4.78 is 5.25. The second-order valence-corrected chi connectivity index (χ2v) is 8.56. The van der Waals surface area contributed by atoms with Crippen molar-refractivity contribution in [3.05, 3.63) is 56.8 Å². The topological polar surface area (TPSA) is 55.4 Å². The molecular weight excluding hydrogens is 358 g/mol. The van der Waals surface area contributed by atoms with Gasteiger partial charge in [-0.1, -0.05) is 43.7 Å². The Hall–Kier alpha value is -2.14. The van der Waals surface area contributed by atoms with Crippen molar-refractivity contribution in [2.75, 3.05) is 6.61 Å². The van der Waals surface area contributed by atoms with E-state index in [1.54, 1.807) is 0 Å². The molecule has 1 amide bonds. The fourth-order valence-electron chi connectivity index (χ4n) is 3.46. The van der Waals surface area contributed by atoms with Crippen LogP contribution in [0.4, 0.5) is 0 Å². The van der Waals surface area contributed by atoms with E-state index in [0.29, 0.717) is 10.8 Å². The minimum absolute atomic E-state index is 0.0765. The van der Waals surface area contributed by atoms with Gasteiger partial charge in [0.25, 0.3) is 5.91 Å². The number of hydrogen-bond donors (Lipinski definition) is 1. The van der Waals surface area contributed by atoms with Crippen LogP contribution in [0.1, 0.15) is 64.0 Å². The molecule has 27 heavy (non-hydrogen) atoms. The van der Waals surface area contributed by atoms with E-state index in [1.165, 1.54) is 33.8 Å². The van der Waals surface area contributed by atoms with Gasteiger partial charge in [0.1, 0.15) is 4.88 Å². The summed E-state index contributed by atoms with van der Waals surface area (Å²) in [5.74, 6) is -0.0131. The predicted octanol–water partition coefficient (Wildman–Crippen LogP) is 4.61. The van der Waals surface area contributed by atoms with Gasteiger partial charge in [0.2, 0.25) is 0 Å². The number of aryl methyl sites for hydroxylation is 2. The van der Waals surface area contributed by atoms with Gasteiger partial charge in [0.05, 0.1) is 6.04 Å². The summed E-state index contributed by atoms with van der Waals surface area (Å²) in [4.78, 5) is 26.5. The molecule has 0 bridgehead atoms. The van der Waals surface area contributed by atoms with Gasteiger partial charge >= 0.3 is 5.97 Å². The zero-order valence-electron chi connectivity index (χ0n) is 16.2. The highest BCUT2D eigenvalue weighted by atomic mass is 32.1. The van der Waals surface area contributed by atoms with Crippen molar-refractivity contribution >= 4 is 23.2 Å². The summed E-state index contributed by atoms with van der Waals surface area (Å²) in [5, 5.41) is 2.95. The molecule has 1 N–H and O–H groups in total. The number of ether oxygens (including phenoxy) is 1. The molecule has 0 saturated carbocycles. The van der Waals surface area contributed by atoms with Crippen molar-refractivity contribution in [3.8, 4) is 0 Å². The number of carbonyl (C=O) groups is 2. The lowest BCUT2D eigenvalue weighted by Gasteiger charge is -2.17. The lowest BCUT2D eigenvalue weighted by Crippen LogP contribution is -2.32. The quantitative estimate of drug-likeness (QED) is 0.739. The van der Waals surface area contributed by atoms with Gasteiger partial charge < -0.3 is 10.1 Å². The molecule has 0 radical (unpaired) electrons. The molecule has 4 nitrogen and oxygen atoms in total. The second kappa shape index (κ2) is 8.70. The van der Waals surface area contributed by atoms with E-state index in [-0.39, 0.29) is 18.6 Å². The number of esters is 1. The second-order valence-electron chi connectivity index (χ2n) is 7.42. The van der Waals surface area contributed by atoms with Crippen LogP contribution < -0.4 is 5.32 Å². The van der Waals surface area contributed by atoms with Gasteiger partial charge in [-0.25, -0.2) is 4.79 Å². The largest absolute Gasteiger partial charge is 0.451 e. The highest BCUT2D eigenvalue weighted by molar-refractivity contribution is 7.14. The van der Waals surface area contributed by atoms with E-state index in [2.05, 4.69) is 12.2 Å². The Morgan fingerprint density at radius 1 is 1.30 bits per heavy atom. The van der Waals surface area contributed by atoms with Crippen molar-refractivity contribution in [1.29, 1.82) is 0 Å². The Morgan fingerprint density at radius 3 is 2.74 bits per heavy atom. The third kappa shape index (κ3) is 4.98. The number of thiophene rings is 1. The van der Waals surface area contributed by atoms with E-state index in [9.17, 15) is 9.59 Å². The smallest absolute Gasteiger partial charge is 0.348 e. The Bertz CT molecular complexity index is 809. The van der Waals surface area contributed by atoms with Crippen molar-refractivity contribution in [2.45, 2.75) is 52.5 Å². The molecule has 0 unspecified atom stereocenters. The van der Waals surface area contributed by atoms with Gasteiger partial charge in [-0.15, -0.1) is 11.3 Å². The summed E-state index contributed by atoms with van der Waals surface area (Å²) >= 11 is 1.51. The van der Waals surface area contributed by atoms with Crippen LogP contribution in [0.5, 0.6) is 0 Å². The molecule has 2 atom stereocenters. The molecule has 0 fully saturated rings. The minimum Gasteiger partial charge on any atom is -0.451 e. The average Bonchev–Trinajstić information content (AvgIpc) is 3.08. The first-order valence-electron chi connectivity index (χ1n) is 9.61. The molecule has 1 aromatic carbocycles. The summed E-state index contributed by atoms with van der Waals surface area (Å²) in [7, 11) is 0. The number of carbonyl (C=O) groups excluding carboxylic acids is 2. The number of rotatable bonds is 6. The highest BCUT2D eigenvalue weighted by Gasteiger charge is 2.22. The molecular formula is C22H27NO3S. The number of fused-ring (bicyclic) bond motifs is 1. The molecule has 5 heteroatoms. The van der Waals surface area contributed by atoms with E-state index < -0.39 is 5.97 Å². The zero-order chi connectivity index (χ0) is 19.4. The van der Waals surface area contributed by atoms with Gasteiger partial charge in [-0.05, 0) is 55.7 Å². The van der Waals surface area contributed by atoms with E-state index in [0.717, 1.165) is 24.8 Å². The highest BCUT2D eigenvalue weighted by Crippen LogP contribution is 2.32. The number of nitrogens with one attached hydrogen (secondary N) is 1. The predicted molar refractivity (Wildman–Crippen MR) is 108 cm³/mol. The summed E-state index contributed by atoms with van der Waals surface area (Å²) in [6.07, 6.45) is 4.00. The van der Waals surface area contributed by atoms with E-state index in [1.807, 2.05) is 44.2 Å². The van der Waals surface area contributed by atoms with Crippen LogP contribution in [-0.2, 0) is 22.4 Å². The van der Waals surface area contributed by atoms with Gasteiger partial charge in [-0.3, -0.25) is 4.79 Å². The van der Waals surface area contributed by atoms with Crippen LogP contribution in [0, 0.1) is 12.8 Å². The van der Waals surface area contributed by atoms with Gasteiger partial charge in [0.15, 0.2) is 6.61 Å². The lowest BCUT2D eigenvalue weighted by molar-refractivity contribution is -0.125. The number of hydrogen-bond acceptors (Lipinski definition) is 4. The summed E-state index contributed by atoms with van der Waals surface area (Å²) in [6, 6.07) is 9.97. The van der Waals surface area contributed by atoms with Gasteiger partial charge in [0, 0.05) is 4.88 Å². The first kappa shape index (κ1) is 19.6. The van der Waals surface area contributed by atoms with Crippen LogP contribution in [0.25, 0.3) is 0 Å². The first-order chi connectivity index (χ1) is 13.0. The molecule has 0 spiro atoms. The zero-order valence-corrected chi connectivity index (χ0v) is 17.0. The molecule has 1 aromatic heterocycles. The summed E-state index contributed by atoms with van der Waals surface area (Å²) in [5.41, 5.74) is 3.50. The Balaban J connectivity index is 1.54. The molecule has 0 aliphatic heterocycles. The average molecular weight is 386 g/mol. The third-order valence-corrected chi connectivity index (χ3v) is 6.31. The van der Waals surface area contributed by atoms with Crippen molar-refractivity contribution in [1.82, 2.24) is 5.32 Å². The molecule has 1 heterocycles. The Morgan fingerprint density at radius 2 is 2.04 bits per heavy atom.